The van der Waals surface area contributed by atoms with E-state index >= 15 is 0 Å². The van der Waals surface area contributed by atoms with Crippen LogP contribution >= 0.6 is 35.3 Å². The van der Waals surface area contributed by atoms with Crippen molar-refractivity contribution in [3.05, 3.63) is 46.3 Å². The molecule has 2 aromatic rings. The van der Waals surface area contributed by atoms with Crippen LogP contribution in [0.1, 0.15) is 36.1 Å². The third-order valence-corrected chi connectivity index (χ3v) is 4.99. The van der Waals surface area contributed by atoms with E-state index in [1.165, 1.54) is 17.7 Å². The summed E-state index contributed by atoms with van der Waals surface area (Å²) in [6, 6.07) is 8.16. The first-order valence-electron chi connectivity index (χ1n) is 8.42. The predicted molar refractivity (Wildman–Crippen MR) is 114 cm³/mol. The summed E-state index contributed by atoms with van der Waals surface area (Å²) in [5, 5.41) is 8.74. The molecule has 2 aromatic heterocycles. The molecule has 1 saturated carbocycles. The standard InChI is InChI=1S/C18H24N4OS.HI/c1-19-18(22-13-16-9-5-11-24-16)21-12-14-6-4-10-20-17(14)23-15-7-2-3-8-15;/h4-6,9-11,15H,2-3,7-8,12-13H2,1H3,(H2,19,21,22);1H. The Balaban J connectivity index is 0.00000225. The van der Waals surface area contributed by atoms with Gasteiger partial charge in [-0.05, 0) is 43.2 Å². The average molecular weight is 472 g/mol. The Morgan fingerprint density at radius 2 is 2.04 bits per heavy atom. The lowest BCUT2D eigenvalue weighted by molar-refractivity contribution is 0.199. The number of ether oxygens (including phenoxy) is 1. The van der Waals surface area contributed by atoms with Gasteiger partial charge in [0.2, 0.25) is 5.88 Å². The van der Waals surface area contributed by atoms with E-state index in [-0.39, 0.29) is 24.0 Å². The number of aromatic nitrogens is 1. The van der Waals surface area contributed by atoms with Gasteiger partial charge in [-0.1, -0.05) is 12.1 Å². The second kappa shape index (κ2) is 10.6. The van der Waals surface area contributed by atoms with Gasteiger partial charge in [-0.2, -0.15) is 0 Å². The summed E-state index contributed by atoms with van der Waals surface area (Å²) >= 11 is 1.73. The Morgan fingerprint density at radius 3 is 2.76 bits per heavy atom. The van der Waals surface area contributed by atoms with Crippen LogP contribution in [0.15, 0.2) is 40.8 Å². The van der Waals surface area contributed by atoms with Gasteiger partial charge in [0, 0.05) is 30.2 Å². The lowest BCUT2D eigenvalue weighted by Gasteiger charge is -2.16. The fourth-order valence-corrected chi connectivity index (χ4v) is 3.46. The summed E-state index contributed by atoms with van der Waals surface area (Å²) in [6.07, 6.45) is 6.88. The van der Waals surface area contributed by atoms with Crippen LogP contribution < -0.4 is 15.4 Å². The fraction of sp³-hybridized carbons (Fsp3) is 0.444. The molecule has 0 unspecified atom stereocenters. The SMILES string of the molecule is CN=C(NCc1cccs1)NCc1cccnc1OC1CCCC1.I. The second-order valence-electron chi connectivity index (χ2n) is 5.85. The van der Waals surface area contributed by atoms with E-state index in [0.717, 1.165) is 36.8 Å². The molecule has 2 heterocycles. The highest BCUT2D eigenvalue weighted by atomic mass is 127. The van der Waals surface area contributed by atoms with Gasteiger partial charge in [-0.25, -0.2) is 4.98 Å². The maximum atomic E-state index is 6.08. The van der Waals surface area contributed by atoms with Gasteiger partial charge in [0.15, 0.2) is 5.96 Å². The van der Waals surface area contributed by atoms with Crippen molar-refractivity contribution in [2.75, 3.05) is 7.05 Å². The summed E-state index contributed by atoms with van der Waals surface area (Å²) in [6.45, 7) is 1.41. The van der Waals surface area contributed by atoms with Crippen LogP contribution in [0.4, 0.5) is 0 Å². The van der Waals surface area contributed by atoms with Gasteiger partial charge in [0.25, 0.3) is 0 Å². The largest absolute Gasteiger partial charge is 0.474 e. The molecular formula is C18H25IN4OS. The first kappa shape index (κ1) is 20.0. The number of aliphatic imine (C=N–C) groups is 1. The highest BCUT2D eigenvalue weighted by molar-refractivity contribution is 14.0. The topological polar surface area (TPSA) is 58.5 Å². The van der Waals surface area contributed by atoms with E-state index in [1.54, 1.807) is 24.6 Å². The Labute approximate surface area is 170 Å². The van der Waals surface area contributed by atoms with E-state index in [2.05, 4.69) is 44.2 Å². The highest BCUT2D eigenvalue weighted by Gasteiger charge is 2.18. The lowest BCUT2D eigenvalue weighted by atomic mass is 10.2. The number of guanidine groups is 1. The molecule has 0 amide bonds. The summed E-state index contributed by atoms with van der Waals surface area (Å²) in [7, 11) is 1.78. The van der Waals surface area contributed by atoms with Crippen molar-refractivity contribution in [3.63, 3.8) is 0 Å². The Morgan fingerprint density at radius 1 is 1.24 bits per heavy atom. The van der Waals surface area contributed by atoms with Crippen LogP contribution in [-0.4, -0.2) is 24.1 Å². The van der Waals surface area contributed by atoms with Gasteiger partial charge in [-0.15, -0.1) is 35.3 Å². The first-order valence-corrected chi connectivity index (χ1v) is 9.30. The molecule has 0 aromatic carbocycles. The maximum absolute atomic E-state index is 6.08. The van der Waals surface area contributed by atoms with E-state index in [4.69, 9.17) is 4.74 Å². The third kappa shape index (κ3) is 6.14. The third-order valence-electron chi connectivity index (χ3n) is 4.11. The number of hydrogen-bond donors (Lipinski definition) is 2. The van der Waals surface area contributed by atoms with Crippen molar-refractivity contribution in [1.29, 1.82) is 0 Å². The van der Waals surface area contributed by atoms with Crippen molar-refractivity contribution < 1.29 is 4.74 Å². The van der Waals surface area contributed by atoms with Crippen LogP contribution in [0, 0.1) is 0 Å². The number of pyridine rings is 1. The van der Waals surface area contributed by atoms with Crippen molar-refractivity contribution >= 4 is 41.3 Å². The highest BCUT2D eigenvalue weighted by Crippen LogP contribution is 2.24. The van der Waals surface area contributed by atoms with Crippen molar-refractivity contribution in [1.82, 2.24) is 15.6 Å². The molecule has 0 aliphatic heterocycles. The molecule has 1 aliphatic rings. The van der Waals surface area contributed by atoms with E-state index in [9.17, 15) is 0 Å². The molecule has 0 atom stereocenters. The Bertz CT molecular complexity index is 657. The Kier molecular flexibility index (Phi) is 8.47. The first-order chi connectivity index (χ1) is 11.8. The quantitative estimate of drug-likeness (QED) is 0.380. The minimum absolute atomic E-state index is 0. The second-order valence-corrected chi connectivity index (χ2v) is 6.88. The number of halogens is 1. The average Bonchev–Trinajstić information content (AvgIpc) is 3.30. The van der Waals surface area contributed by atoms with Crippen LogP contribution in [0.3, 0.4) is 0 Å². The summed E-state index contributed by atoms with van der Waals surface area (Å²) < 4.78 is 6.08. The van der Waals surface area contributed by atoms with E-state index < -0.39 is 0 Å². The van der Waals surface area contributed by atoms with Gasteiger partial charge in [-0.3, -0.25) is 4.99 Å². The number of nitrogens with zero attached hydrogens (tertiary/aromatic N) is 2. The zero-order valence-electron chi connectivity index (χ0n) is 14.4. The molecule has 1 fully saturated rings. The molecular weight excluding hydrogens is 447 g/mol. The smallest absolute Gasteiger partial charge is 0.218 e. The number of rotatable bonds is 6. The molecule has 0 bridgehead atoms. The van der Waals surface area contributed by atoms with Gasteiger partial charge in [0.1, 0.15) is 6.10 Å². The van der Waals surface area contributed by atoms with Crippen molar-refractivity contribution in [2.24, 2.45) is 4.99 Å². The van der Waals surface area contributed by atoms with Crippen LogP contribution in [0.2, 0.25) is 0 Å². The molecule has 0 saturated heterocycles. The van der Waals surface area contributed by atoms with Gasteiger partial charge < -0.3 is 15.4 Å². The maximum Gasteiger partial charge on any atom is 0.218 e. The van der Waals surface area contributed by atoms with Gasteiger partial charge >= 0.3 is 0 Å². The number of thiophene rings is 1. The van der Waals surface area contributed by atoms with Crippen molar-refractivity contribution in [2.45, 2.75) is 44.9 Å². The minimum atomic E-state index is 0. The summed E-state index contributed by atoms with van der Waals surface area (Å²) in [4.78, 5) is 9.97. The van der Waals surface area contributed by atoms with Crippen molar-refractivity contribution in [3.8, 4) is 5.88 Å². The monoisotopic (exact) mass is 472 g/mol. The van der Waals surface area contributed by atoms with Gasteiger partial charge in [0.05, 0.1) is 6.54 Å². The molecule has 7 heteroatoms. The van der Waals surface area contributed by atoms with Crippen LogP contribution in [0.5, 0.6) is 5.88 Å². The molecule has 1 aliphatic carbocycles. The zero-order chi connectivity index (χ0) is 16.6. The molecule has 2 N–H and O–H groups in total. The fourth-order valence-electron chi connectivity index (χ4n) is 2.81. The molecule has 0 radical (unpaired) electrons. The summed E-state index contributed by atoms with van der Waals surface area (Å²) in [5.41, 5.74) is 1.06. The van der Waals surface area contributed by atoms with Crippen LogP contribution in [-0.2, 0) is 13.1 Å². The summed E-state index contributed by atoms with van der Waals surface area (Å²) in [5.74, 6) is 1.52. The molecule has 3 rings (SSSR count). The van der Waals surface area contributed by atoms with E-state index in [0.29, 0.717) is 12.6 Å². The number of hydrogen-bond acceptors (Lipinski definition) is 4. The molecule has 136 valence electrons. The molecule has 25 heavy (non-hydrogen) atoms. The lowest BCUT2D eigenvalue weighted by Crippen LogP contribution is -2.36. The van der Waals surface area contributed by atoms with E-state index in [1.807, 2.05) is 6.07 Å². The normalized spacial score (nSPS) is 14.8. The molecule has 0 spiro atoms. The Hall–Kier alpha value is -1.35. The zero-order valence-corrected chi connectivity index (χ0v) is 17.6. The molecule has 5 nitrogen and oxygen atoms in total. The minimum Gasteiger partial charge on any atom is -0.474 e. The number of nitrogens with one attached hydrogen (secondary N) is 2. The predicted octanol–water partition coefficient (Wildman–Crippen LogP) is 3.95. The van der Waals surface area contributed by atoms with Crippen LogP contribution in [0.25, 0.3) is 0 Å².